The van der Waals surface area contributed by atoms with Crippen LogP contribution in [0, 0.1) is 0 Å². The molecule has 0 unspecified atom stereocenters. The van der Waals surface area contributed by atoms with Crippen LogP contribution in [0.1, 0.15) is 12.5 Å². The average Bonchev–Trinajstić information content (AvgIpc) is 2.80. The maximum absolute atomic E-state index is 11.2. The van der Waals surface area contributed by atoms with E-state index in [1.165, 1.54) is 39.5 Å². The van der Waals surface area contributed by atoms with E-state index in [0.717, 1.165) is 5.75 Å². The second-order valence-corrected chi connectivity index (χ2v) is 6.46. The summed E-state index contributed by atoms with van der Waals surface area (Å²) in [5, 5.41) is 1.17. The molecule has 0 atom stereocenters. The van der Waals surface area contributed by atoms with Crippen LogP contribution in [0.3, 0.4) is 0 Å². The van der Waals surface area contributed by atoms with Crippen LogP contribution in [-0.2, 0) is 17.6 Å². The van der Waals surface area contributed by atoms with E-state index in [4.69, 9.17) is 4.74 Å². The summed E-state index contributed by atoms with van der Waals surface area (Å²) in [6.07, 6.45) is 0. The Balaban J connectivity index is 1.98. The molecule has 3 nitrogen and oxygen atoms in total. The highest BCUT2D eigenvalue weighted by Crippen LogP contribution is 2.45. The van der Waals surface area contributed by atoms with Gasteiger partial charge in [-0.3, -0.25) is 4.79 Å². The van der Waals surface area contributed by atoms with E-state index in [2.05, 4.69) is 35.9 Å². The van der Waals surface area contributed by atoms with Gasteiger partial charge in [0.2, 0.25) is 0 Å². The first-order valence-corrected chi connectivity index (χ1v) is 8.15. The number of carbonyl (C=O) groups is 1. The highest BCUT2D eigenvalue weighted by atomic mass is 32.2. The first-order valence-electron chi connectivity index (χ1n) is 7.17. The van der Waals surface area contributed by atoms with Crippen molar-refractivity contribution in [1.82, 2.24) is 4.57 Å². The van der Waals surface area contributed by atoms with E-state index in [0.29, 0.717) is 5.75 Å². The quantitative estimate of drug-likeness (QED) is 0.494. The Bertz CT molecular complexity index is 911. The zero-order chi connectivity index (χ0) is 15.3. The lowest BCUT2D eigenvalue weighted by Gasteiger charge is -2.17. The first-order chi connectivity index (χ1) is 10.6. The molecule has 0 saturated carbocycles. The van der Waals surface area contributed by atoms with E-state index in [1.807, 2.05) is 30.0 Å². The van der Waals surface area contributed by atoms with Gasteiger partial charge in [-0.05, 0) is 29.8 Å². The molecule has 0 aliphatic carbocycles. The van der Waals surface area contributed by atoms with Crippen LogP contribution < -0.4 is 4.74 Å². The molecular formula is C18H15NO2S. The minimum absolute atomic E-state index is 0.288. The van der Waals surface area contributed by atoms with Crippen molar-refractivity contribution in [3.63, 3.8) is 0 Å². The van der Waals surface area contributed by atoms with Crippen LogP contribution in [0.15, 0.2) is 47.4 Å². The molecule has 1 aromatic heterocycles. The zero-order valence-corrected chi connectivity index (χ0v) is 13.2. The van der Waals surface area contributed by atoms with Gasteiger partial charge in [0.15, 0.2) is 0 Å². The molecule has 0 radical (unpaired) electrons. The van der Waals surface area contributed by atoms with Crippen LogP contribution in [-0.4, -0.2) is 10.5 Å². The standard InChI is InChI=1S/C18H15NO2S/c1-11(20)21-12-7-8-16-14(9-12)15-10-22-17-6-4-3-5-13(17)18(15)19(16)2/h3-9H,10H2,1-2H3. The molecule has 0 amide bonds. The number of hydrogen-bond donors (Lipinski definition) is 0. The Hall–Kier alpha value is -2.20. The number of thioether (sulfide) groups is 1. The number of aromatic nitrogens is 1. The molecule has 4 rings (SSSR count). The molecule has 0 N–H and O–H groups in total. The normalized spacial score (nSPS) is 12.8. The molecule has 3 aromatic rings. The second-order valence-electron chi connectivity index (χ2n) is 5.44. The highest BCUT2D eigenvalue weighted by Gasteiger charge is 2.23. The third kappa shape index (κ3) is 1.95. The lowest BCUT2D eigenvalue weighted by atomic mass is 10.1. The Morgan fingerprint density at radius 1 is 1.23 bits per heavy atom. The van der Waals surface area contributed by atoms with Crippen molar-refractivity contribution in [2.45, 2.75) is 17.6 Å². The van der Waals surface area contributed by atoms with Gasteiger partial charge in [-0.2, -0.15) is 0 Å². The Morgan fingerprint density at radius 3 is 2.86 bits per heavy atom. The Labute approximate surface area is 132 Å². The highest BCUT2D eigenvalue weighted by molar-refractivity contribution is 7.98. The smallest absolute Gasteiger partial charge is 0.308 e. The third-order valence-electron chi connectivity index (χ3n) is 4.05. The first kappa shape index (κ1) is 13.5. The van der Waals surface area contributed by atoms with Crippen molar-refractivity contribution in [2.75, 3.05) is 0 Å². The monoisotopic (exact) mass is 309 g/mol. The van der Waals surface area contributed by atoms with Gasteiger partial charge in [-0.15, -0.1) is 11.8 Å². The maximum Gasteiger partial charge on any atom is 0.308 e. The summed E-state index contributed by atoms with van der Waals surface area (Å²) in [5.41, 5.74) is 5.03. The predicted molar refractivity (Wildman–Crippen MR) is 89.2 cm³/mol. The Kier molecular flexibility index (Phi) is 3.01. The summed E-state index contributed by atoms with van der Waals surface area (Å²) >= 11 is 1.86. The van der Waals surface area contributed by atoms with E-state index >= 15 is 0 Å². The molecule has 4 heteroatoms. The SMILES string of the molecule is CC(=O)Oc1ccc2c(c1)c1c(n2C)-c2ccccc2SC1. The summed E-state index contributed by atoms with van der Waals surface area (Å²) in [4.78, 5) is 12.5. The van der Waals surface area contributed by atoms with Crippen molar-refractivity contribution >= 4 is 28.6 Å². The van der Waals surface area contributed by atoms with Crippen LogP contribution in [0.4, 0.5) is 0 Å². The fourth-order valence-corrected chi connectivity index (χ4v) is 4.24. The summed E-state index contributed by atoms with van der Waals surface area (Å²) in [6, 6.07) is 14.4. The van der Waals surface area contributed by atoms with Gasteiger partial charge < -0.3 is 9.30 Å². The van der Waals surface area contributed by atoms with Crippen LogP contribution in [0.25, 0.3) is 22.2 Å². The Morgan fingerprint density at radius 2 is 2.05 bits per heavy atom. The topological polar surface area (TPSA) is 31.2 Å². The summed E-state index contributed by atoms with van der Waals surface area (Å²) in [5.74, 6) is 1.26. The summed E-state index contributed by atoms with van der Waals surface area (Å²) in [7, 11) is 2.10. The van der Waals surface area contributed by atoms with Crippen LogP contribution in [0.2, 0.25) is 0 Å². The van der Waals surface area contributed by atoms with Crippen molar-refractivity contribution in [3.05, 3.63) is 48.0 Å². The number of esters is 1. The molecule has 22 heavy (non-hydrogen) atoms. The molecule has 0 saturated heterocycles. The van der Waals surface area contributed by atoms with Gasteiger partial charge in [0.05, 0.1) is 5.69 Å². The van der Waals surface area contributed by atoms with Gasteiger partial charge >= 0.3 is 5.97 Å². The number of nitrogens with zero attached hydrogens (tertiary/aromatic N) is 1. The summed E-state index contributed by atoms with van der Waals surface area (Å²) < 4.78 is 7.47. The van der Waals surface area contributed by atoms with Crippen molar-refractivity contribution < 1.29 is 9.53 Å². The molecule has 0 fully saturated rings. The molecule has 1 aliphatic heterocycles. The number of hydrogen-bond acceptors (Lipinski definition) is 3. The second kappa shape index (κ2) is 4.92. The van der Waals surface area contributed by atoms with Crippen LogP contribution in [0.5, 0.6) is 5.75 Å². The molecule has 110 valence electrons. The lowest BCUT2D eigenvalue weighted by molar-refractivity contribution is -0.131. The minimum Gasteiger partial charge on any atom is -0.427 e. The van der Waals surface area contributed by atoms with E-state index in [-0.39, 0.29) is 5.97 Å². The fourth-order valence-electron chi connectivity index (χ4n) is 3.16. The van der Waals surface area contributed by atoms with Gasteiger partial charge in [0.25, 0.3) is 0 Å². The van der Waals surface area contributed by atoms with Gasteiger partial charge in [0.1, 0.15) is 5.75 Å². The molecule has 0 spiro atoms. The van der Waals surface area contributed by atoms with Crippen molar-refractivity contribution in [1.29, 1.82) is 0 Å². The van der Waals surface area contributed by atoms with E-state index in [1.54, 1.807) is 0 Å². The zero-order valence-electron chi connectivity index (χ0n) is 12.4. The number of fused-ring (bicyclic) bond motifs is 5. The number of aryl methyl sites for hydroxylation is 1. The lowest BCUT2D eigenvalue weighted by Crippen LogP contribution is -2.01. The third-order valence-corrected chi connectivity index (χ3v) is 5.15. The maximum atomic E-state index is 11.2. The number of carbonyl (C=O) groups excluding carboxylic acids is 1. The van der Waals surface area contributed by atoms with E-state index < -0.39 is 0 Å². The molecule has 2 aromatic carbocycles. The summed E-state index contributed by atoms with van der Waals surface area (Å²) in [6.45, 7) is 1.43. The van der Waals surface area contributed by atoms with Crippen LogP contribution >= 0.6 is 11.8 Å². The largest absolute Gasteiger partial charge is 0.427 e. The molecule has 0 bridgehead atoms. The minimum atomic E-state index is -0.288. The predicted octanol–water partition coefficient (Wildman–Crippen LogP) is 4.38. The van der Waals surface area contributed by atoms with E-state index in [9.17, 15) is 4.79 Å². The number of rotatable bonds is 1. The van der Waals surface area contributed by atoms with Gasteiger partial charge in [-0.1, -0.05) is 18.2 Å². The number of benzene rings is 2. The molecular weight excluding hydrogens is 294 g/mol. The van der Waals surface area contributed by atoms with Gasteiger partial charge in [-0.25, -0.2) is 0 Å². The molecule has 1 aliphatic rings. The molecule has 2 heterocycles. The average molecular weight is 309 g/mol. The fraction of sp³-hybridized carbons (Fsp3) is 0.167. The van der Waals surface area contributed by atoms with Gasteiger partial charge in [0, 0.05) is 41.1 Å². The van der Waals surface area contributed by atoms with Crippen molar-refractivity contribution in [2.24, 2.45) is 7.05 Å². The van der Waals surface area contributed by atoms with Crippen molar-refractivity contribution in [3.8, 4) is 17.0 Å². The number of ether oxygens (including phenoxy) is 1.